The van der Waals surface area contributed by atoms with Gasteiger partial charge in [-0.05, 0) is 6.42 Å². The number of nitrogens with zero attached hydrogens (tertiary/aromatic N) is 3. The molecule has 0 saturated carbocycles. The second kappa shape index (κ2) is 4.42. The lowest BCUT2D eigenvalue weighted by Gasteiger charge is -2.07. The van der Waals surface area contributed by atoms with E-state index in [1.165, 1.54) is 10.8 Å². The molecule has 74 valence electrons. The van der Waals surface area contributed by atoms with Gasteiger partial charge < -0.3 is 5.73 Å². The second-order valence-corrected chi connectivity index (χ2v) is 2.96. The third-order valence-corrected chi connectivity index (χ3v) is 1.96. The molecule has 0 aliphatic rings. The van der Waals surface area contributed by atoms with Crippen LogP contribution < -0.4 is 11.4 Å². The Hall–Kier alpha value is -1.83. The predicted molar refractivity (Wildman–Crippen MR) is 52.5 cm³/mol. The minimum absolute atomic E-state index is 0.209. The van der Waals surface area contributed by atoms with Crippen molar-refractivity contribution in [1.29, 1.82) is 5.26 Å². The van der Waals surface area contributed by atoms with Crippen LogP contribution in [0.5, 0.6) is 0 Å². The van der Waals surface area contributed by atoms with Crippen molar-refractivity contribution >= 4 is 5.82 Å². The highest BCUT2D eigenvalue weighted by Gasteiger charge is 2.06. The summed E-state index contributed by atoms with van der Waals surface area (Å²) in [7, 11) is 0. The number of hydrogen-bond acceptors (Lipinski definition) is 4. The molecule has 1 rings (SSSR count). The van der Waals surface area contributed by atoms with Gasteiger partial charge in [0.1, 0.15) is 17.5 Å². The first kappa shape index (κ1) is 10.3. The van der Waals surface area contributed by atoms with E-state index in [0.717, 1.165) is 12.8 Å². The molecule has 0 atom stereocenters. The molecule has 0 aliphatic heterocycles. The zero-order chi connectivity index (χ0) is 10.6. The molecule has 14 heavy (non-hydrogen) atoms. The van der Waals surface area contributed by atoms with Crippen LogP contribution in [0, 0.1) is 11.3 Å². The van der Waals surface area contributed by atoms with Gasteiger partial charge in [-0.15, -0.1) is 0 Å². The lowest BCUT2D eigenvalue weighted by molar-refractivity contribution is 0.606. The fraction of sp³-hybridized carbons (Fsp3) is 0.444. The Balaban J connectivity index is 3.14. The molecular weight excluding hydrogens is 180 g/mol. The van der Waals surface area contributed by atoms with E-state index in [4.69, 9.17) is 11.0 Å². The molecule has 5 heteroatoms. The van der Waals surface area contributed by atoms with Gasteiger partial charge in [-0.2, -0.15) is 5.26 Å². The monoisotopic (exact) mass is 192 g/mol. The highest BCUT2D eigenvalue weighted by molar-refractivity contribution is 5.46. The summed E-state index contributed by atoms with van der Waals surface area (Å²) in [5.41, 5.74) is 5.49. The summed E-state index contributed by atoms with van der Waals surface area (Å²) in [6.07, 6.45) is 3.02. The fourth-order valence-corrected chi connectivity index (χ4v) is 1.12. The normalized spacial score (nSPS) is 9.71. The van der Waals surface area contributed by atoms with Crippen LogP contribution in [-0.2, 0) is 6.54 Å². The van der Waals surface area contributed by atoms with Crippen molar-refractivity contribution in [3.8, 4) is 6.07 Å². The van der Waals surface area contributed by atoms with Gasteiger partial charge in [0.25, 0.3) is 0 Å². The first-order chi connectivity index (χ1) is 6.70. The Kier molecular flexibility index (Phi) is 3.24. The van der Waals surface area contributed by atoms with Crippen LogP contribution in [0.4, 0.5) is 5.82 Å². The Morgan fingerprint density at radius 1 is 1.71 bits per heavy atom. The SMILES string of the molecule is CCCCn1c(N)c(C#N)cnc1=O. The van der Waals surface area contributed by atoms with Crippen LogP contribution in [0.15, 0.2) is 11.0 Å². The highest BCUT2D eigenvalue weighted by atomic mass is 16.1. The summed E-state index contributed by atoms with van der Waals surface area (Å²) in [4.78, 5) is 14.8. The number of nitriles is 1. The quantitative estimate of drug-likeness (QED) is 0.755. The first-order valence-corrected chi connectivity index (χ1v) is 4.46. The topological polar surface area (TPSA) is 84.7 Å². The zero-order valence-electron chi connectivity index (χ0n) is 8.03. The van der Waals surface area contributed by atoms with Crippen molar-refractivity contribution in [1.82, 2.24) is 9.55 Å². The minimum Gasteiger partial charge on any atom is -0.384 e. The molecule has 1 heterocycles. The van der Waals surface area contributed by atoms with E-state index >= 15 is 0 Å². The fourth-order valence-electron chi connectivity index (χ4n) is 1.12. The standard InChI is InChI=1S/C9H12N4O/c1-2-3-4-13-8(11)7(5-10)6-12-9(13)14/h6H,2-4,11H2,1H3. The van der Waals surface area contributed by atoms with E-state index in [1.54, 1.807) is 0 Å². The Labute approximate surface area is 81.8 Å². The van der Waals surface area contributed by atoms with Crippen LogP contribution in [0.3, 0.4) is 0 Å². The largest absolute Gasteiger partial charge is 0.384 e. The van der Waals surface area contributed by atoms with E-state index in [1.807, 2.05) is 13.0 Å². The van der Waals surface area contributed by atoms with Gasteiger partial charge in [-0.1, -0.05) is 13.3 Å². The molecular formula is C9H12N4O. The lowest BCUT2D eigenvalue weighted by atomic mass is 10.3. The van der Waals surface area contributed by atoms with Crippen molar-refractivity contribution in [3.05, 3.63) is 22.2 Å². The van der Waals surface area contributed by atoms with E-state index in [9.17, 15) is 4.79 Å². The zero-order valence-corrected chi connectivity index (χ0v) is 8.03. The number of aromatic nitrogens is 2. The molecule has 2 N–H and O–H groups in total. The Morgan fingerprint density at radius 3 is 3.00 bits per heavy atom. The maximum Gasteiger partial charge on any atom is 0.349 e. The lowest BCUT2D eigenvalue weighted by Crippen LogP contribution is -2.26. The summed E-state index contributed by atoms with van der Waals surface area (Å²) >= 11 is 0. The van der Waals surface area contributed by atoms with Crippen molar-refractivity contribution in [2.75, 3.05) is 5.73 Å². The number of rotatable bonds is 3. The van der Waals surface area contributed by atoms with Crippen molar-refractivity contribution < 1.29 is 0 Å². The summed E-state index contributed by atoms with van der Waals surface area (Å²) in [6, 6.07) is 1.89. The van der Waals surface area contributed by atoms with Gasteiger partial charge in [0.05, 0.1) is 6.20 Å². The molecule has 0 aromatic carbocycles. The molecule has 5 nitrogen and oxygen atoms in total. The predicted octanol–water partition coefficient (Wildman–Crippen LogP) is 0.497. The van der Waals surface area contributed by atoms with Gasteiger partial charge in [0.15, 0.2) is 0 Å². The van der Waals surface area contributed by atoms with Gasteiger partial charge in [0.2, 0.25) is 0 Å². The number of unbranched alkanes of at least 4 members (excludes halogenated alkanes) is 1. The molecule has 0 unspecified atom stereocenters. The minimum atomic E-state index is -0.394. The number of nitrogen functional groups attached to an aromatic ring is 1. The van der Waals surface area contributed by atoms with E-state index in [-0.39, 0.29) is 11.4 Å². The van der Waals surface area contributed by atoms with Gasteiger partial charge in [-0.3, -0.25) is 4.57 Å². The molecule has 0 radical (unpaired) electrons. The smallest absolute Gasteiger partial charge is 0.349 e. The molecule has 0 saturated heterocycles. The summed E-state index contributed by atoms with van der Waals surface area (Å²) in [5, 5.41) is 8.67. The Bertz CT molecular complexity index is 416. The average molecular weight is 192 g/mol. The second-order valence-electron chi connectivity index (χ2n) is 2.96. The number of nitrogens with two attached hydrogens (primary N) is 1. The average Bonchev–Trinajstić information content (AvgIpc) is 2.18. The summed E-state index contributed by atoms with van der Waals surface area (Å²) in [5.74, 6) is 0.209. The number of hydrogen-bond donors (Lipinski definition) is 1. The highest BCUT2D eigenvalue weighted by Crippen LogP contribution is 2.06. The van der Waals surface area contributed by atoms with E-state index in [2.05, 4.69) is 4.98 Å². The van der Waals surface area contributed by atoms with Crippen LogP contribution in [-0.4, -0.2) is 9.55 Å². The maximum absolute atomic E-state index is 11.3. The Morgan fingerprint density at radius 2 is 2.43 bits per heavy atom. The van der Waals surface area contributed by atoms with Crippen LogP contribution in [0.2, 0.25) is 0 Å². The van der Waals surface area contributed by atoms with E-state index in [0.29, 0.717) is 6.54 Å². The van der Waals surface area contributed by atoms with Crippen molar-refractivity contribution in [2.45, 2.75) is 26.3 Å². The molecule has 1 aromatic heterocycles. The van der Waals surface area contributed by atoms with Crippen LogP contribution in [0.1, 0.15) is 25.3 Å². The van der Waals surface area contributed by atoms with Crippen LogP contribution >= 0.6 is 0 Å². The number of anilines is 1. The van der Waals surface area contributed by atoms with Crippen molar-refractivity contribution in [3.63, 3.8) is 0 Å². The first-order valence-electron chi connectivity index (χ1n) is 4.46. The summed E-state index contributed by atoms with van der Waals surface area (Å²) in [6.45, 7) is 2.53. The molecule has 0 amide bonds. The van der Waals surface area contributed by atoms with Gasteiger partial charge in [0, 0.05) is 6.54 Å². The maximum atomic E-state index is 11.3. The third-order valence-electron chi connectivity index (χ3n) is 1.96. The molecule has 0 spiro atoms. The molecule has 0 bridgehead atoms. The summed E-state index contributed by atoms with van der Waals surface area (Å²) < 4.78 is 1.34. The van der Waals surface area contributed by atoms with Crippen molar-refractivity contribution in [2.24, 2.45) is 0 Å². The molecule has 0 fully saturated rings. The van der Waals surface area contributed by atoms with Crippen LogP contribution in [0.25, 0.3) is 0 Å². The van der Waals surface area contributed by atoms with Gasteiger partial charge >= 0.3 is 5.69 Å². The third kappa shape index (κ3) is 1.91. The molecule has 0 aliphatic carbocycles. The van der Waals surface area contributed by atoms with Gasteiger partial charge in [-0.25, -0.2) is 9.78 Å². The molecule has 1 aromatic rings. The van der Waals surface area contributed by atoms with E-state index < -0.39 is 5.69 Å².